The van der Waals surface area contributed by atoms with Crippen LogP contribution >= 0.6 is 11.3 Å². The van der Waals surface area contributed by atoms with E-state index >= 15 is 0 Å². The van der Waals surface area contributed by atoms with Crippen LogP contribution in [-0.4, -0.2) is 46.0 Å². The van der Waals surface area contributed by atoms with E-state index in [9.17, 15) is 26.7 Å². The van der Waals surface area contributed by atoms with Gasteiger partial charge in [-0.05, 0) is 31.4 Å². The van der Waals surface area contributed by atoms with Crippen molar-refractivity contribution in [2.45, 2.75) is 38.0 Å². The number of thiazole rings is 1. The molecule has 35 heavy (non-hydrogen) atoms. The minimum absolute atomic E-state index is 0.0285. The Morgan fingerprint density at radius 2 is 1.91 bits per heavy atom. The van der Waals surface area contributed by atoms with Crippen molar-refractivity contribution in [3.8, 4) is 10.6 Å². The first-order valence-electron chi connectivity index (χ1n) is 10.7. The highest BCUT2D eigenvalue weighted by molar-refractivity contribution is 7.19. The maximum atomic E-state index is 14.2. The zero-order chi connectivity index (χ0) is 25.3. The molecule has 1 atom stereocenters. The molecule has 8 nitrogen and oxygen atoms in total. The first-order valence-corrected chi connectivity index (χ1v) is 11.5. The molecule has 0 saturated carbocycles. The molecule has 3 heterocycles. The van der Waals surface area contributed by atoms with E-state index in [0.29, 0.717) is 37.3 Å². The number of hydrogen-bond donors (Lipinski definition) is 3. The molecule has 14 heteroatoms. The highest BCUT2D eigenvalue weighted by Crippen LogP contribution is 2.35. The number of benzene rings is 1. The van der Waals surface area contributed by atoms with Gasteiger partial charge in [0.1, 0.15) is 33.9 Å². The lowest BCUT2D eigenvalue weighted by Gasteiger charge is -2.25. The van der Waals surface area contributed by atoms with Gasteiger partial charge in [0.05, 0.1) is 11.8 Å². The number of hydrogen-bond acceptors (Lipinski definition) is 7. The summed E-state index contributed by atoms with van der Waals surface area (Å²) in [7, 11) is 0. The van der Waals surface area contributed by atoms with Gasteiger partial charge in [0.2, 0.25) is 0 Å². The van der Waals surface area contributed by atoms with Crippen molar-refractivity contribution in [2.24, 2.45) is 5.73 Å². The number of alkyl halides is 3. The average molecular weight is 516 g/mol. The van der Waals surface area contributed by atoms with E-state index in [1.807, 2.05) is 0 Å². The predicted molar refractivity (Wildman–Crippen MR) is 122 cm³/mol. The van der Waals surface area contributed by atoms with Crippen LogP contribution in [0.2, 0.25) is 0 Å². The summed E-state index contributed by atoms with van der Waals surface area (Å²) in [5, 5.41) is 6.10. The third-order valence-corrected chi connectivity index (χ3v) is 6.41. The van der Waals surface area contributed by atoms with Crippen molar-refractivity contribution in [1.82, 2.24) is 14.8 Å². The van der Waals surface area contributed by atoms with E-state index in [1.165, 1.54) is 6.07 Å². The Kier molecular flexibility index (Phi) is 6.94. The number of nitrogens with two attached hydrogens (primary N) is 2. The largest absolute Gasteiger partial charge is 0.408 e. The van der Waals surface area contributed by atoms with E-state index in [4.69, 9.17) is 11.5 Å². The number of nitrogens with one attached hydrogen (secondary N) is 1. The van der Waals surface area contributed by atoms with E-state index < -0.39 is 35.8 Å². The highest BCUT2D eigenvalue weighted by Gasteiger charge is 2.33. The molecular weight excluding hydrogens is 493 g/mol. The van der Waals surface area contributed by atoms with E-state index in [-0.39, 0.29) is 33.2 Å². The third kappa shape index (κ3) is 5.53. The molecule has 4 rings (SSSR count). The molecule has 1 aromatic carbocycles. The molecule has 0 radical (unpaired) electrons. The van der Waals surface area contributed by atoms with Crippen LogP contribution in [0.3, 0.4) is 0 Å². The lowest BCUT2D eigenvalue weighted by Crippen LogP contribution is -2.31. The van der Waals surface area contributed by atoms with Gasteiger partial charge < -0.3 is 21.7 Å². The highest BCUT2D eigenvalue weighted by atomic mass is 32.1. The number of nitrogen functional groups attached to an aromatic ring is 1. The van der Waals surface area contributed by atoms with E-state index in [2.05, 4.69) is 15.4 Å². The second kappa shape index (κ2) is 9.77. The van der Waals surface area contributed by atoms with Gasteiger partial charge in [-0.25, -0.2) is 18.4 Å². The first-order chi connectivity index (χ1) is 16.5. The van der Waals surface area contributed by atoms with Crippen LogP contribution in [0.4, 0.5) is 38.5 Å². The van der Waals surface area contributed by atoms with Crippen LogP contribution in [0.5, 0.6) is 0 Å². The zero-order valence-corrected chi connectivity index (χ0v) is 19.1. The number of halogens is 5. The summed E-state index contributed by atoms with van der Waals surface area (Å²) in [6.45, 7) is -0.547. The zero-order valence-electron chi connectivity index (χ0n) is 18.3. The molecule has 5 N–H and O–H groups in total. The van der Waals surface area contributed by atoms with E-state index in [0.717, 1.165) is 29.4 Å². The Morgan fingerprint density at radius 1 is 1.20 bits per heavy atom. The van der Waals surface area contributed by atoms with Crippen molar-refractivity contribution >= 4 is 33.8 Å². The summed E-state index contributed by atoms with van der Waals surface area (Å²) >= 11 is 0.715. The van der Waals surface area contributed by atoms with Crippen LogP contribution in [0.15, 0.2) is 24.4 Å². The van der Waals surface area contributed by atoms with Gasteiger partial charge in [-0.2, -0.15) is 18.3 Å². The predicted octanol–water partition coefficient (Wildman–Crippen LogP) is 4.00. The van der Waals surface area contributed by atoms with Gasteiger partial charge in [0.15, 0.2) is 11.5 Å². The molecule has 188 valence electrons. The van der Waals surface area contributed by atoms with Gasteiger partial charge in [-0.3, -0.25) is 4.79 Å². The Bertz CT molecular complexity index is 1210. The fraction of sp³-hybridized carbons (Fsp3) is 0.381. The SMILES string of the molecule is Nc1sc(-c2c(F)cccc2F)nc1C(=O)Nc1cnn(CC(F)(F)F)c1N1CCCC(N)CC1. The molecule has 1 aliphatic rings. The van der Waals surface area contributed by atoms with Crippen molar-refractivity contribution in [3.63, 3.8) is 0 Å². The van der Waals surface area contributed by atoms with Crippen molar-refractivity contribution in [3.05, 3.63) is 41.7 Å². The minimum atomic E-state index is -4.54. The molecule has 1 unspecified atom stereocenters. The summed E-state index contributed by atoms with van der Waals surface area (Å²) in [5.74, 6) is -2.51. The summed E-state index contributed by atoms with van der Waals surface area (Å²) in [5.41, 5.74) is 11.2. The smallest absolute Gasteiger partial charge is 0.389 e. The molecule has 1 fully saturated rings. The van der Waals surface area contributed by atoms with E-state index in [1.54, 1.807) is 4.90 Å². The van der Waals surface area contributed by atoms with Crippen LogP contribution < -0.4 is 21.7 Å². The van der Waals surface area contributed by atoms with Crippen LogP contribution in [-0.2, 0) is 6.54 Å². The number of anilines is 3. The van der Waals surface area contributed by atoms with Gasteiger partial charge in [-0.1, -0.05) is 17.4 Å². The molecular formula is C21H22F5N7OS. The van der Waals surface area contributed by atoms with Gasteiger partial charge >= 0.3 is 6.18 Å². The Balaban J connectivity index is 1.65. The van der Waals surface area contributed by atoms with Crippen molar-refractivity contribution < 1.29 is 26.7 Å². The van der Waals surface area contributed by atoms with Gasteiger partial charge in [-0.15, -0.1) is 0 Å². The number of carbonyl (C=O) groups is 1. The summed E-state index contributed by atoms with van der Waals surface area (Å²) in [4.78, 5) is 18.7. The number of nitrogens with zero attached hydrogens (tertiary/aromatic N) is 4. The Morgan fingerprint density at radius 3 is 2.60 bits per heavy atom. The number of rotatable bonds is 5. The number of carbonyl (C=O) groups excluding carboxylic acids is 1. The van der Waals surface area contributed by atoms with Crippen molar-refractivity contribution in [2.75, 3.05) is 29.0 Å². The summed E-state index contributed by atoms with van der Waals surface area (Å²) in [6.07, 6.45) is -1.49. The summed E-state index contributed by atoms with van der Waals surface area (Å²) < 4.78 is 68.6. The third-order valence-electron chi connectivity index (χ3n) is 5.51. The maximum Gasteiger partial charge on any atom is 0.408 e. The Hall–Kier alpha value is -3.26. The second-order valence-electron chi connectivity index (χ2n) is 8.12. The standard InChI is InChI=1S/C21H22F5N7OS/c22-12-4-1-5-13(23)15(12)19-31-16(17(28)35-19)18(34)30-14-9-29-33(10-21(24,25)26)20(14)32-7-2-3-11(27)6-8-32/h1,4-5,9,11H,2-3,6-8,10,27-28H2,(H,30,34). The lowest BCUT2D eigenvalue weighted by atomic mass is 10.1. The molecule has 2 aromatic heterocycles. The monoisotopic (exact) mass is 515 g/mol. The quantitative estimate of drug-likeness (QED) is 0.443. The fourth-order valence-corrected chi connectivity index (χ4v) is 4.78. The maximum absolute atomic E-state index is 14.2. The Labute approximate surface area is 200 Å². The lowest BCUT2D eigenvalue weighted by molar-refractivity contribution is -0.142. The fourth-order valence-electron chi connectivity index (χ4n) is 3.91. The van der Waals surface area contributed by atoms with Crippen LogP contribution in [0.25, 0.3) is 10.6 Å². The topological polar surface area (TPSA) is 115 Å². The number of aromatic nitrogens is 3. The van der Waals surface area contributed by atoms with Crippen LogP contribution in [0, 0.1) is 11.6 Å². The van der Waals surface area contributed by atoms with Gasteiger partial charge in [0.25, 0.3) is 5.91 Å². The molecule has 1 amide bonds. The summed E-state index contributed by atoms with van der Waals surface area (Å²) in [6, 6.07) is 3.20. The van der Waals surface area contributed by atoms with Gasteiger partial charge in [0, 0.05) is 19.1 Å². The number of amides is 1. The molecule has 3 aromatic rings. The van der Waals surface area contributed by atoms with Crippen LogP contribution in [0.1, 0.15) is 29.8 Å². The molecule has 0 aliphatic carbocycles. The minimum Gasteiger partial charge on any atom is -0.389 e. The average Bonchev–Trinajstić information content (AvgIpc) is 3.24. The second-order valence-corrected chi connectivity index (χ2v) is 9.15. The van der Waals surface area contributed by atoms with Crippen molar-refractivity contribution in [1.29, 1.82) is 0 Å². The molecule has 1 aliphatic heterocycles. The molecule has 0 spiro atoms. The molecule has 0 bridgehead atoms. The first kappa shape index (κ1) is 24.9. The normalized spacial score (nSPS) is 16.9. The molecule has 1 saturated heterocycles.